The summed E-state index contributed by atoms with van der Waals surface area (Å²) >= 11 is 0. The first-order valence-corrected chi connectivity index (χ1v) is 3.36. The normalized spacial score (nSPS) is 9.29. The Bertz CT molecular complexity index is 411. The molecule has 4 nitrogen and oxygen atoms in total. The lowest BCUT2D eigenvalue weighted by atomic mass is 10.1. The van der Waals surface area contributed by atoms with Crippen LogP contribution in [0.15, 0.2) is 17.1 Å². The Labute approximate surface area is 76.5 Å². The second-order valence-electron chi connectivity index (χ2n) is 2.29. The number of carbonyl (C=O) groups excluding carboxylic acids is 1. The molecule has 0 saturated carbocycles. The molecule has 1 N–H and O–H groups in total. The zero-order valence-corrected chi connectivity index (χ0v) is 6.62. The second kappa shape index (κ2) is 3.76. The maximum atomic E-state index is 12.6. The lowest BCUT2D eigenvalue weighted by molar-refractivity contribution is 0.0697. The van der Waals surface area contributed by atoms with Gasteiger partial charge in [-0.2, -0.15) is 4.99 Å². The smallest absolute Gasteiger partial charge is 0.338 e. The number of carboxylic acids is 1. The molecule has 0 saturated heterocycles. The molecule has 0 amide bonds. The molecule has 0 aliphatic carbocycles. The van der Waals surface area contributed by atoms with Crippen LogP contribution in [-0.2, 0) is 4.79 Å². The number of halogens is 2. The van der Waals surface area contributed by atoms with Gasteiger partial charge in [-0.3, -0.25) is 0 Å². The fourth-order valence-corrected chi connectivity index (χ4v) is 0.849. The predicted octanol–water partition coefficient (Wildman–Crippen LogP) is 1.63. The fraction of sp³-hybridized carbons (Fsp3) is 0. The van der Waals surface area contributed by atoms with Crippen LogP contribution in [0, 0.1) is 11.6 Å². The first-order chi connectivity index (χ1) is 6.56. The van der Waals surface area contributed by atoms with Crippen LogP contribution in [0.5, 0.6) is 0 Å². The van der Waals surface area contributed by atoms with Crippen molar-refractivity contribution >= 4 is 17.7 Å². The van der Waals surface area contributed by atoms with Gasteiger partial charge in [-0.25, -0.2) is 18.4 Å². The zero-order chi connectivity index (χ0) is 10.7. The fourth-order valence-electron chi connectivity index (χ4n) is 0.849. The summed E-state index contributed by atoms with van der Waals surface area (Å²) in [6.07, 6.45) is 1.05. The maximum absolute atomic E-state index is 12.6. The van der Waals surface area contributed by atoms with Crippen LogP contribution in [0.3, 0.4) is 0 Å². The summed E-state index contributed by atoms with van der Waals surface area (Å²) in [4.78, 5) is 23.3. The molecule has 0 fully saturated rings. The molecule has 0 bridgehead atoms. The highest BCUT2D eigenvalue weighted by Crippen LogP contribution is 2.22. The average Bonchev–Trinajstić information content (AvgIpc) is 2.11. The van der Waals surface area contributed by atoms with Crippen LogP contribution in [0.25, 0.3) is 0 Å². The van der Waals surface area contributed by atoms with E-state index in [1.807, 2.05) is 0 Å². The van der Waals surface area contributed by atoms with Crippen LogP contribution >= 0.6 is 0 Å². The van der Waals surface area contributed by atoms with Crippen molar-refractivity contribution in [2.75, 3.05) is 0 Å². The van der Waals surface area contributed by atoms with E-state index in [1.165, 1.54) is 0 Å². The molecule has 0 atom stereocenters. The number of benzene rings is 1. The largest absolute Gasteiger partial charge is 0.478 e. The van der Waals surface area contributed by atoms with Crippen LogP contribution < -0.4 is 0 Å². The molecular weight excluding hydrogens is 196 g/mol. The number of hydrogen-bond acceptors (Lipinski definition) is 3. The monoisotopic (exact) mass is 199 g/mol. The molecule has 1 aromatic carbocycles. The van der Waals surface area contributed by atoms with Crippen LogP contribution in [0.4, 0.5) is 14.5 Å². The van der Waals surface area contributed by atoms with Crippen LogP contribution in [0.2, 0.25) is 0 Å². The Balaban J connectivity index is 3.45. The predicted molar refractivity (Wildman–Crippen MR) is 41.1 cm³/mol. The van der Waals surface area contributed by atoms with Crippen LogP contribution in [-0.4, -0.2) is 17.2 Å². The maximum Gasteiger partial charge on any atom is 0.338 e. The summed E-state index contributed by atoms with van der Waals surface area (Å²) in [6.45, 7) is 0. The third-order valence-corrected chi connectivity index (χ3v) is 1.44. The minimum Gasteiger partial charge on any atom is -0.478 e. The number of isocyanates is 1. The average molecular weight is 199 g/mol. The molecule has 0 radical (unpaired) electrons. The van der Waals surface area contributed by atoms with E-state index in [0.29, 0.717) is 12.1 Å². The van der Waals surface area contributed by atoms with Crippen molar-refractivity contribution in [1.82, 2.24) is 0 Å². The standard InChI is InChI=1S/C8H3F2NO3/c9-5-1-4(8(13)14)7(11-3-12)2-6(5)10/h1-2H,(H,13,14). The molecule has 0 unspecified atom stereocenters. The SMILES string of the molecule is O=C=Nc1cc(F)c(F)cc1C(=O)O. The Morgan fingerprint density at radius 2 is 1.93 bits per heavy atom. The lowest BCUT2D eigenvalue weighted by Crippen LogP contribution is -1.99. The van der Waals surface area contributed by atoms with Gasteiger partial charge in [0, 0.05) is 6.07 Å². The number of carboxylic acid groups (broad SMARTS) is 1. The number of hydrogen-bond donors (Lipinski definition) is 1. The van der Waals surface area contributed by atoms with Gasteiger partial charge in [0.1, 0.15) is 0 Å². The quantitative estimate of drug-likeness (QED) is 0.581. The number of carbonyl (C=O) groups is 1. The molecule has 0 aliphatic rings. The number of rotatable bonds is 2. The van der Waals surface area contributed by atoms with E-state index in [1.54, 1.807) is 0 Å². The Morgan fingerprint density at radius 1 is 1.36 bits per heavy atom. The Hall–Kier alpha value is -2.07. The Kier molecular flexibility index (Phi) is 2.69. The minimum absolute atomic E-state index is 0.452. The van der Waals surface area contributed by atoms with E-state index in [9.17, 15) is 18.4 Å². The number of aromatic carboxylic acids is 1. The van der Waals surface area contributed by atoms with Crippen molar-refractivity contribution in [1.29, 1.82) is 0 Å². The van der Waals surface area contributed by atoms with Crippen molar-refractivity contribution in [2.24, 2.45) is 4.99 Å². The zero-order valence-electron chi connectivity index (χ0n) is 6.62. The summed E-state index contributed by atoms with van der Waals surface area (Å²) in [5.41, 5.74) is -1.06. The number of nitrogens with zero attached hydrogens (tertiary/aromatic N) is 1. The van der Waals surface area contributed by atoms with Gasteiger partial charge in [-0.1, -0.05) is 0 Å². The second-order valence-corrected chi connectivity index (χ2v) is 2.29. The summed E-state index contributed by atoms with van der Waals surface area (Å²) < 4.78 is 25.2. The summed E-state index contributed by atoms with van der Waals surface area (Å²) in [7, 11) is 0. The summed E-state index contributed by atoms with van der Waals surface area (Å²) in [5.74, 6) is -4.09. The van der Waals surface area contributed by atoms with Crippen molar-refractivity contribution in [2.45, 2.75) is 0 Å². The van der Waals surface area contributed by atoms with Gasteiger partial charge in [0.25, 0.3) is 0 Å². The summed E-state index contributed by atoms with van der Waals surface area (Å²) in [6, 6.07) is 0.970. The molecule has 0 heterocycles. The van der Waals surface area contributed by atoms with E-state index >= 15 is 0 Å². The van der Waals surface area contributed by atoms with E-state index < -0.39 is 28.9 Å². The molecule has 72 valence electrons. The molecule has 0 aromatic heterocycles. The molecule has 6 heteroatoms. The van der Waals surface area contributed by atoms with Gasteiger partial charge in [0.05, 0.1) is 11.3 Å². The van der Waals surface area contributed by atoms with Crippen molar-refractivity contribution in [3.8, 4) is 0 Å². The van der Waals surface area contributed by atoms with Crippen molar-refractivity contribution in [3.05, 3.63) is 29.3 Å². The van der Waals surface area contributed by atoms with Gasteiger partial charge in [-0.05, 0) is 6.07 Å². The van der Waals surface area contributed by atoms with E-state index in [2.05, 4.69) is 4.99 Å². The highest BCUT2D eigenvalue weighted by molar-refractivity contribution is 5.93. The highest BCUT2D eigenvalue weighted by atomic mass is 19.2. The molecule has 1 rings (SSSR count). The van der Waals surface area contributed by atoms with Gasteiger partial charge in [0.2, 0.25) is 6.08 Å². The highest BCUT2D eigenvalue weighted by Gasteiger charge is 2.14. The van der Waals surface area contributed by atoms with E-state index in [-0.39, 0.29) is 0 Å². The number of aliphatic imine (C=N–C) groups is 1. The van der Waals surface area contributed by atoms with Gasteiger partial charge in [0.15, 0.2) is 11.6 Å². The lowest BCUT2D eigenvalue weighted by Gasteiger charge is -1.99. The third-order valence-electron chi connectivity index (χ3n) is 1.44. The van der Waals surface area contributed by atoms with Crippen LogP contribution in [0.1, 0.15) is 10.4 Å². The molecule has 1 aromatic rings. The molecule has 0 aliphatic heterocycles. The van der Waals surface area contributed by atoms with E-state index in [4.69, 9.17) is 5.11 Å². The van der Waals surface area contributed by atoms with Crippen molar-refractivity contribution in [3.63, 3.8) is 0 Å². The molecular formula is C8H3F2NO3. The summed E-state index contributed by atoms with van der Waals surface area (Å²) in [5, 5.41) is 8.53. The Morgan fingerprint density at radius 3 is 2.43 bits per heavy atom. The van der Waals surface area contributed by atoms with Gasteiger partial charge in [-0.15, -0.1) is 0 Å². The van der Waals surface area contributed by atoms with Gasteiger partial charge < -0.3 is 5.11 Å². The third kappa shape index (κ3) is 1.81. The van der Waals surface area contributed by atoms with E-state index in [0.717, 1.165) is 6.08 Å². The topological polar surface area (TPSA) is 66.7 Å². The first kappa shape index (κ1) is 10.0. The molecule has 0 spiro atoms. The molecule has 14 heavy (non-hydrogen) atoms. The van der Waals surface area contributed by atoms with Crippen molar-refractivity contribution < 1.29 is 23.5 Å². The first-order valence-electron chi connectivity index (χ1n) is 3.36. The van der Waals surface area contributed by atoms with Gasteiger partial charge >= 0.3 is 5.97 Å². The minimum atomic E-state index is -1.50.